The van der Waals surface area contributed by atoms with Crippen molar-refractivity contribution in [2.45, 2.75) is 83.5 Å². The van der Waals surface area contributed by atoms with E-state index in [4.69, 9.17) is 66.3 Å². The molecule has 114 heavy (non-hydrogen) atoms. The molecule has 18 rings (SSSR count). The first-order valence-corrected chi connectivity index (χ1v) is 38.7. The van der Waals surface area contributed by atoms with Crippen LogP contribution in [-0.4, -0.2) is 95.4 Å². The van der Waals surface area contributed by atoms with Crippen LogP contribution in [0.4, 0.5) is 22.9 Å². The Labute approximate surface area is 667 Å². The summed E-state index contributed by atoms with van der Waals surface area (Å²) in [5.41, 5.74) is 28.7. The van der Waals surface area contributed by atoms with Crippen LogP contribution in [-0.2, 0) is 6.42 Å². The second-order valence-electron chi connectivity index (χ2n) is 27.7. The lowest BCUT2D eigenvalue weighted by molar-refractivity contribution is 0.0958. The van der Waals surface area contributed by atoms with Crippen LogP contribution in [0.25, 0.3) is 89.6 Å². The van der Waals surface area contributed by atoms with Gasteiger partial charge in [-0.3, -0.25) is 19.7 Å². The van der Waals surface area contributed by atoms with E-state index in [-0.39, 0.29) is 5.91 Å². The highest BCUT2D eigenvalue weighted by Crippen LogP contribution is 2.47. The zero-order valence-corrected chi connectivity index (χ0v) is 65.0. The monoisotopic (exact) mass is 1530 g/mol. The van der Waals surface area contributed by atoms with Crippen LogP contribution >= 0.6 is 11.6 Å². The van der Waals surface area contributed by atoms with E-state index in [1.54, 1.807) is 94.1 Å². The second-order valence-corrected chi connectivity index (χ2v) is 28.0. The number of benzene rings is 6. The van der Waals surface area contributed by atoms with Crippen LogP contribution in [0.3, 0.4) is 0 Å². The lowest BCUT2D eigenvalue weighted by Gasteiger charge is -2.24. The van der Waals surface area contributed by atoms with Gasteiger partial charge in [0.25, 0.3) is 5.91 Å². The summed E-state index contributed by atoms with van der Waals surface area (Å²) < 4.78 is 33.3. The summed E-state index contributed by atoms with van der Waals surface area (Å²) in [6.45, 7) is 0. The minimum atomic E-state index is -0.136. The Morgan fingerprint density at radius 1 is 0.395 bits per heavy atom. The van der Waals surface area contributed by atoms with Gasteiger partial charge in [-0.2, -0.15) is 29.0 Å². The van der Waals surface area contributed by atoms with Crippen LogP contribution in [0.15, 0.2) is 261 Å². The van der Waals surface area contributed by atoms with Crippen molar-refractivity contribution in [3.05, 3.63) is 294 Å². The highest BCUT2D eigenvalue weighted by atomic mass is 35.5. The zero-order chi connectivity index (χ0) is 78.3. The molecule has 0 saturated carbocycles. The van der Waals surface area contributed by atoms with Crippen molar-refractivity contribution in [3.63, 3.8) is 0 Å². The third kappa shape index (κ3) is 16.5. The van der Waals surface area contributed by atoms with E-state index in [9.17, 15) is 4.79 Å². The Morgan fingerprint density at radius 3 is 1.20 bits per heavy atom. The van der Waals surface area contributed by atoms with E-state index in [0.29, 0.717) is 40.3 Å². The van der Waals surface area contributed by atoms with Crippen molar-refractivity contribution < 1.29 is 28.5 Å². The van der Waals surface area contributed by atoms with Crippen LogP contribution in [0.2, 0.25) is 5.15 Å². The van der Waals surface area contributed by atoms with Crippen molar-refractivity contribution in [2.24, 2.45) is 0 Å². The molecular weight excluding hydrogens is 1440 g/mol. The standard InChI is InChI=1S/C31H29N5O2.C31H28N4O2.C26H24ClN3O2.C5H6N2/c1-37-25-15-13-22(14-16-25)27-29(33-24-17-19-32-20-18-24)34-30-26(21-9-5-3-6-10-21)28(23-11-7-4-8-12-23)35-36(30)31(27)38-2;1-37-25-14-12-22(13-15-25)28-26(33-24-16-18-32-19-17-24)20-27-29(21-8-4-2-5-9-21)30(34-35(27)31(28)36)23-10-6-3-7-11-23;1-31-20-15-13-18(14-16-20)22-24(27)28-25-21(17-9-5-3-6-10-17)23(19-11-7-4-8-12-19)29-30(25)26(22)32-2;6-5-1-3-7-4-2-5/h4,7-9,11-20H,3,5-6,10H2,1-2H3,(H,32,33,34);3,6-8,10-19H,2,4-5,9,20H2,1H3,(H,32,33);4,7-9,11-16H,3,5-6,10H2,1-2H3;1-4H,(H2,6,7). The smallest absolute Gasteiger partial charge is 0.280 e. The molecule has 0 unspecified atom stereocenters. The molecule has 4 aliphatic rings. The van der Waals surface area contributed by atoms with Gasteiger partial charge in [-0.25, -0.2) is 9.97 Å². The molecule has 0 atom stereocenters. The second kappa shape index (κ2) is 35.7. The van der Waals surface area contributed by atoms with Crippen molar-refractivity contribution in [3.8, 4) is 85.0 Å². The molecule has 9 heterocycles. The molecule has 8 aromatic heterocycles. The van der Waals surface area contributed by atoms with Crippen molar-refractivity contribution >= 4 is 74.0 Å². The Balaban J connectivity index is 0.000000129. The van der Waals surface area contributed by atoms with Gasteiger partial charge in [0.15, 0.2) is 11.3 Å². The minimum absolute atomic E-state index is 0.136. The lowest BCUT2D eigenvalue weighted by Crippen LogP contribution is -2.27. The lowest BCUT2D eigenvalue weighted by atomic mass is 9.88. The van der Waals surface area contributed by atoms with Crippen molar-refractivity contribution in [1.82, 2.24) is 53.9 Å². The van der Waals surface area contributed by atoms with Crippen molar-refractivity contribution in [2.75, 3.05) is 51.9 Å². The highest BCUT2D eigenvalue weighted by Gasteiger charge is 2.35. The summed E-state index contributed by atoms with van der Waals surface area (Å²) in [6.07, 6.45) is 31.1. The van der Waals surface area contributed by atoms with E-state index in [0.717, 1.165) is 187 Å². The van der Waals surface area contributed by atoms with E-state index < -0.39 is 0 Å². The zero-order valence-electron chi connectivity index (χ0n) is 64.3. The molecule has 0 fully saturated rings. The van der Waals surface area contributed by atoms with Crippen LogP contribution in [0.5, 0.6) is 29.0 Å². The summed E-state index contributed by atoms with van der Waals surface area (Å²) in [5, 5.41) is 22.5. The number of pyridine rings is 3. The number of methoxy groups -OCH3 is 5. The average Bonchev–Trinajstić information content (AvgIpc) is 1.58. The fourth-order valence-corrected chi connectivity index (χ4v) is 15.3. The van der Waals surface area contributed by atoms with Gasteiger partial charge in [0.2, 0.25) is 11.8 Å². The van der Waals surface area contributed by atoms with Gasteiger partial charge in [-0.15, -0.1) is 0 Å². The maximum atomic E-state index is 14.2. The first-order chi connectivity index (χ1) is 56.1. The average molecular weight is 1530 g/mol. The molecule has 0 spiro atoms. The normalized spacial score (nSPS) is 13.8. The first-order valence-electron chi connectivity index (χ1n) is 38.3. The fourth-order valence-electron chi connectivity index (χ4n) is 15.0. The predicted octanol–water partition coefficient (Wildman–Crippen LogP) is 21.2. The first kappa shape index (κ1) is 75.9. The summed E-state index contributed by atoms with van der Waals surface area (Å²) in [7, 11) is 8.27. The molecule has 572 valence electrons. The third-order valence-corrected chi connectivity index (χ3v) is 20.8. The van der Waals surface area contributed by atoms with Crippen molar-refractivity contribution in [1.29, 1.82) is 0 Å². The minimum Gasteiger partial charge on any atom is -0.497 e. The number of aromatic nitrogens is 11. The number of nitrogen functional groups attached to an aromatic ring is 1. The number of anilines is 4. The summed E-state index contributed by atoms with van der Waals surface area (Å²) in [6, 6.07) is 65.1. The number of allylic oxidation sites excluding steroid dienone is 8. The topological polar surface area (TPSA) is 230 Å². The Hall–Kier alpha value is -13.5. The SMILES string of the molecule is COc1ccc(-c2c(Cl)nc3c(C4=CCCCC4)c(-c4ccccc4)nn3c2OC)cc1.COc1ccc(-c2c(Nc3ccncc3)nc3c(C4=CCCCC4)c(-c4ccccc4)nn3c2OC)cc1.COc1ccc(C2=C(Nc3ccncc3)Cc3c(C4=CCCCC4)c(-c4ccccc4)nn3C2=O)cc1.Nc1ccncc1. The molecule has 6 aromatic carbocycles. The quantitative estimate of drug-likeness (QED) is 0.0678. The summed E-state index contributed by atoms with van der Waals surface area (Å²) >= 11 is 6.78. The third-order valence-electron chi connectivity index (χ3n) is 20.6. The van der Waals surface area contributed by atoms with Gasteiger partial charge in [0.05, 0.1) is 69.1 Å². The Morgan fingerprint density at radius 2 is 0.789 bits per heavy atom. The number of fused-ring (bicyclic) bond motifs is 3. The van der Waals surface area contributed by atoms with Crippen LogP contribution in [0, 0.1) is 0 Å². The fraction of sp³-hybridized carbons (Fsp3) is 0.194. The van der Waals surface area contributed by atoms with Gasteiger partial charge in [0, 0.05) is 88.6 Å². The number of hydrogen-bond donors (Lipinski definition) is 3. The maximum Gasteiger partial charge on any atom is 0.280 e. The molecule has 21 heteroatoms. The molecule has 3 aliphatic carbocycles. The number of nitrogens with zero attached hydrogens (tertiary/aromatic N) is 11. The number of carbonyl (C=O) groups excluding carboxylic acids is 1. The Kier molecular flexibility index (Phi) is 23.8. The molecule has 0 bridgehead atoms. The van der Waals surface area contributed by atoms with Gasteiger partial charge in [-0.05, 0) is 183 Å². The van der Waals surface area contributed by atoms with Gasteiger partial charge < -0.3 is 40.1 Å². The van der Waals surface area contributed by atoms with Crippen LogP contribution < -0.4 is 40.1 Å². The molecule has 0 amide bonds. The molecule has 20 nitrogen and oxygen atoms in total. The maximum absolute atomic E-state index is 14.2. The molecule has 1 aliphatic heterocycles. The number of rotatable bonds is 18. The summed E-state index contributed by atoms with van der Waals surface area (Å²) in [4.78, 5) is 36.3. The Bertz CT molecular complexity index is 5820. The van der Waals surface area contributed by atoms with E-state index in [1.807, 2.05) is 156 Å². The van der Waals surface area contributed by atoms with Gasteiger partial charge in [-0.1, -0.05) is 157 Å². The summed E-state index contributed by atoms with van der Waals surface area (Å²) in [5.74, 6) is 4.01. The number of halogens is 1. The number of carbonyl (C=O) groups is 1. The van der Waals surface area contributed by atoms with E-state index in [1.165, 1.54) is 36.0 Å². The molecule has 0 saturated heterocycles. The number of nitrogens with one attached hydrogen (secondary N) is 2. The predicted molar refractivity (Wildman–Crippen MR) is 454 cm³/mol. The molecular formula is C93H87ClN14O6. The molecule has 14 aromatic rings. The number of hydrogen-bond acceptors (Lipinski definition) is 17. The number of nitrogens with two attached hydrogens (primary N) is 1. The van der Waals surface area contributed by atoms with E-state index in [2.05, 4.69) is 80.2 Å². The highest BCUT2D eigenvalue weighted by molar-refractivity contribution is 6.32. The molecule has 4 N–H and O–H groups in total. The van der Waals surface area contributed by atoms with Gasteiger partial charge >= 0.3 is 0 Å². The largest absolute Gasteiger partial charge is 0.497 e. The van der Waals surface area contributed by atoms with E-state index >= 15 is 0 Å². The van der Waals surface area contributed by atoms with Crippen LogP contribution in [0.1, 0.15) is 110 Å². The van der Waals surface area contributed by atoms with Gasteiger partial charge in [0.1, 0.15) is 45.3 Å². The molecule has 0 radical (unpaired) electrons. The number of ether oxygens (including phenoxy) is 5.